The van der Waals surface area contributed by atoms with Crippen LogP contribution in [0.3, 0.4) is 0 Å². The van der Waals surface area contributed by atoms with E-state index in [1.807, 2.05) is 42.7 Å². The molecule has 1 unspecified atom stereocenters. The number of likely N-dealkylation sites (N-methyl/N-ethyl adjacent to an activating group) is 1. The maximum absolute atomic E-state index is 4.77. The van der Waals surface area contributed by atoms with E-state index in [4.69, 9.17) is 4.98 Å². The molecule has 5 nitrogen and oxygen atoms in total. The maximum atomic E-state index is 4.77. The van der Waals surface area contributed by atoms with Gasteiger partial charge in [0.1, 0.15) is 11.2 Å². The molecule has 22 heavy (non-hydrogen) atoms. The Bertz CT molecular complexity index is 780. The SMILES string of the molecule is CN1CCCC1Cn1c(-c2ccccn2)nc2cccnc21. The van der Waals surface area contributed by atoms with Crippen molar-refractivity contribution < 1.29 is 0 Å². The van der Waals surface area contributed by atoms with Crippen LogP contribution in [0.25, 0.3) is 22.7 Å². The summed E-state index contributed by atoms with van der Waals surface area (Å²) in [4.78, 5) is 16.2. The topological polar surface area (TPSA) is 46.8 Å². The number of imidazole rings is 1. The number of rotatable bonds is 3. The van der Waals surface area contributed by atoms with Gasteiger partial charge in [0, 0.05) is 25.0 Å². The summed E-state index contributed by atoms with van der Waals surface area (Å²) in [7, 11) is 2.20. The van der Waals surface area contributed by atoms with Crippen LogP contribution in [-0.4, -0.2) is 44.1 Å². The monoisotopic (exact) mass is 293 g/mol. The van der Waals surface area contributed by atoms with Crippen LogP contribution >= 0.6 is 0 Å². The predicted octanol–water partition coefficient (Wildman–Crippen LogP) is 2.59. The minimum absolute atomic E-state index is 0.543. The molecule has 0 spiro atoms. The molecule has 4 heterocycles. The molecule has 0 N–H and O–H groups in total. The van der Waals surface area contributed by atoms with Crippen molar-refractivity contribution >= 4 is 11.2 Å². The summed E-state index contributed by atoms with van der Waals surface area (Å²) in [6, 6.07) is 10.4. The van der Waals surface area contributed by atoms with Crippen molar-refractivity contribution in [1.82, 2.24) is 24.4 Å². The van der Waals surface area contributed by atoms with Gasteiger partial charge in [-0.1, -0.05) is 6.07 Å². The van der Waals surface area contributed by atoms with Gasteiger partial charge >= 0.3 is 0 Å². The third-order valence-electron chi connectivity index (χ3n) is 4.46. The lowest BCUT2D eigenvalue weighted by Gasteiger charge is -2.21. The van der Waals surface area contributed by atoms with E-state index in [2.05, 4.69) is 26.5 Å². The van der Waals surface area contributed by atoms with Crippen LogP contribution in [0.2, 0.25) is 0 Å². The van der Waals surface area contributed by atoms with Gasteiger partial charge in [-0.15, -0.1) is 0 Å². The van der Waals surface area contributed by atoms with E-state index in [-0.39, 0.29) is 0 Å². The Labute approximate surface area is 129 Å². The molecule has 3 aromatic rings. The van der Waals surface area contributed by atoms with Gasteiger partial charge in [-0.25, -0.2) is 9.97 Å². The molecule has 1 aliphatic heterocycles. The summed E-state index contributed by atoms with van der Waals surface area (Å²) in [5.41, 5.74) is 2.79. The quantitative estimate of drug-likeness (QED) is 0.744. The Morgan fingerprint density at radius 2 is 2.05 bits per heavy atom. The van der Waals surface area contributed by atoms with Gasteiger partial charge in [0.2, 0.25) is 0 Å². The number of fused-ring (bicyclic) bond motifs is 1. The lowest BCUT2D eigenvalue weighted by molar-refractivity contribution is 0.284. The van der Waals surface area contributed by atoms with Crippen LogP contribution in [-0.2, 0) is 6.54 Å². The van der Waals surface area contributed by atoms with Crippen molar-refractivity contribution in [1.29, 1.82) is 0 Å². The smallest absolute Gasteiger partial charge is 0.161 e. The molecule has 3 aromatic heterocycles. The minimum atomic E-state index is 0.543. The summed E-state index contributed by atoms with van der Waals surface area (Å²) in [5, 5.41) is 0. The predicted molar refractivity (Wildman–Crippen MR) is 86.4 cm³/mol. The lowest BCUT2D eigenvalue weighted by atomic mass is 10.2. The molecule has 0 radical (unpaired) electrons. The van der Waals surface area contributed by atoms with Crippen LogP contribution in [0.4, 0.5) is 0 Å². The molecule has 0 bridgehead atoms. The van der Waals surface area contributed by atoms with Crippen LogP contribution in [0.5, 0.6) is 0 Å². The second-order valence-electron chi connectivity index (χ2n) is 5.88. The fraction of sp³-hybridized carbons (Fsp3) is 0.353. The van der Waals surface area contributed by atoms with Gasteiger partial charge in [-0.2, -0.15) is 0 Å². The van der Waals surface area contributed by atoms with Crippen molar-refractivity contribution in [3.63, 3.8) is 0 Å². The number of aromatic nitrogens is 4. The van der Waals surface area contributed by atoms with E-state index in [0.29, 0.717) is 6.04 Å². The number of pyridine rings is 2. The molecule has 1 saturated heterocycles. The standard InChI is InChI=1S/C17H19N5/c1-21-11-5-6-13(21)12-22-16-15(8-4-10-19-16)20-17(22)14-7-2-3-9-18-14/h2-4,7-10,13H,5-6,11-12H2,1H3. The van der Waals surface area contributed by atoms with Crippen LogP contribution in [0.1, 0.15) is 12.8 Å². The second-order valence-corrected chi connectivity index (χ2v) is 5.88. The first kappa shape index (κ1) is 13.4. The van der Waals surface area contributed by atoms with Gasteiger partial charge in [-0.05, 0) is 50.7 Å². The van der Waals surface area contributed by atoms with E-state index in [1.54, 1.807) is 0 Å². The number of nitrogens with zero attached hydrogens (tertiary/aromatic N) is 5. The van der Waals surface area contributed by atoms with Crippen molar-refractivity contribution in [3.8, 4) is 11.5 Å². The molecular weight excluding hydrogens is 274 g/mol. The van der Waals surface area contributed by atoms with Crippen LogP contribution in [0.15, 0.2) is 42.7 Å². The molecule has 5 heteroatoms. The van der Waals surface area contributed by atoms with Crippen LogP contribution < -0.4 is 0 Å². The highest BCUT2D eigenvalue weighted by Gasteiger charge is 2.24. The van der Waals surface area contributed by atoms with E-state index >= 15 is 0 Å². The number of hydrogen-bond donors (Lipinski definition) is 0. The van der Waals surface area contributed by atoms with Crippen molar-refractivity contribution in [3.05, 3.63) is 42.7 Å². The fourth-order valence-corrected chi connectivity index (χ4v) is 3.24. The number of hydrogen-bond acceptors (Lipinski definition) is 4. The minimum Gasteiger partial charge on any atom is -0.306 e. The van der Waals surface area contributed by atoms with Gasteiger partial charge in [0.05, 0.1) is 0 Å². The van der Waals surface area contributed by atoms with E-state index in [9.17, 15) is 0 Å². The molecule has 0 aromatic carbocycles. The van der Waals surface area contributed by atoms with Crippen molar-refractivity contribution in [2.24, 2.45) is 0 Å². The Balaban J connectivity index is 1.83. The molecule has 1 aliphatic rings. The Kier molecular flexibility index (Phi) is 3.35. The summed E-state index contributed by atoms with van der Waals surface area (Å²) >= 11 is 0. The zero-order chi connectivity index (χ0) is 14.9. The molecule has 112 valence electrons. The molecule has 0 saturated carbocycles. The summed E-state index contributed by atoms with van der Waals surface area (Å²) in [5.74, 6) is 0.912. The summed E-state index contributed by atoms with van der Waals surface area (Å²) in [6.07, 6.45) is 6.14. The van der Waals surface area contributed by atoms with Gasteiger partial charge in [0.25, 0.3) is 0 Å². The molecule has 0 aliphatic carbocycles. The van der Waals surface area contributed by atoms with Crippen LogP contribution in [0, 0.1) is 0 Å². The zero-order valence-corrected chi connectivity index (χ0v) is 12.7. The second kappa shape index (κ2) is 5.50. The Morgan fingerprint density at radius 1 is 1.14 bits per heavy atom. The highest BCUT2D eigenvalue weighted by molar-refractivity contribution is 5.76. The van der Waals surface area contributed by atoms with Gasteiger partial charge in [0.15, 0.2) is 11.5 Å². The third kappa shape index (κ3) is 2.27. The highest BCUT2D eigenvalue weighted by Crippen LogP contribution is 2.25. The largest absolute Gasteiger partial charge is 0.306 e. The average Bonchev–Trinajstić information content (AvgIpc) is 3.13. The lowest BCUT2D eigenvalue weighted by Crippen LogP contribution is -2.29. The number of likely N-dealkylation sites (tertiary alicyclic amines) is 1. The molecule has 1 atom stereocenters. The maximum Gasteiger partial charge on any atom is 0.161 e. The van der Waals surface area contributed by atoms with Gasteiger partial charge < -0.3 is 9.47 Å². The average molecular weight is 293 g/mol. The summed E-state index contributed by atoms with van der Waals surface area (Å²) in [6.45, 7) is 2.08. The molecule has 4 rings (SSSR count). The normalized spacial score (nSPS) is 19.0. The highest BCUT2D eigenvalue weighted by atomic mass is 15.2. The zero-order valence-electron chi connectivity index (χ0n) is 12.7. The first-order valence-corrected chi connectivity index (χ1v) is 7.76. The Hall–Kier alpha value is -2.27. The third-order valence-corrected chi connectivity index (χ3v) is 4.46. The van der Waals surface area contributed by atoms with Crippen molar-refractivity contribution in [2.75, 3.05) is 13.6 Å². The molecule has 1 fully saturated rings. The van der Waals surface area contributed by atoms with Gasteiger partial charge in [-0.3, -0.25) is 4.98 Å². The molecular formula is C17H19N5. The van der Waals surface area contributed by atoms with E-state index in [1.165, 1.54) is 19.4 Å². The summed E-state index contributed by atoms with van der Waals surface area (Å²) < 4.78 is 2.23. The first-order valence-electron chi connectivity index (χ1n) is 7.76. The molecule has 0 amide bonds. The van der Waals surface area contributed by atoms with E-state index < -0.39 is 0 Å². The Morgan fingerprint density at radius 3 is 2.82 bits per heavy atom. The fourth-order valence-electron chi connectivity index (χ4n) is 3.24. The van der Waals surface area contributed by atoms with Crippen molar-refractivity contribution in [2.45, 2.75) is 25.4 Å². The first-order chi connectivity index (χ1) is 10.8. The van der Waals surface area contributed by atoms with E-state index in [0.717, 1.165) is 29.2 Å².